The van der Waals surface area contributed by atoms with Crippen LogP contribution < -0.4 is 0 Å². The Kier molecular flexibility index (Phi) is 7.71. The molecule has 0 saturated carbocycles. The Labute approximate surface area is 134 Å². The van der Waals surface area contributed by atoms with E-state index in [2.05, 4.69) is 6.92 Å². The summed E-state index contributed by atoms with van der Waals surface area (Å²) in [5.41, 5.74) is 1.06. The topological polar surface area (TPSA) is 37.4 Å². The Balaban J connectivity index is 2.93. The highest BCUT2D eigenvalue weighted by molar-refractivity contribution is 7.89. The quantitative estimate of drug-likeness (QED) is 0.505. The molecule has 1 aromatic rings. The molecule has 1 aromatic carbocycles. The van der Waals surface area contributed by atoms with Crippen LogP contribution in [0, 0.1) is 0 Å². The molecule has 0 amide bonds. The zero-order valence-electron chi connectivity index (χ0n) is 13.2. The number of hydrogen-bond acceptors (Lipinski definition) is 2. The van der Waals surface area contributed by atoms with Crippen molar-refractivity contribution in [2.24, 2.45) is 0 Å². The van der Waals surface area contributed by atoms with Gasteiger partial charge in [-0.3, -0.25) is 0 Å². The van der Waals surface area contributed by atoms with Crippen LogP contribution in [0.3, 0.4) is 0 Å². The highest BCUT2D eigenvalue weighted by Gasteiger charge is 2.26. The monoisotopic (exact) mass is 331 g/mol. The molecule has 0 aromatic heterocycles. The minimum Gasteiger partial charge on any atom is -0.207 e. The van der Waals surface area contributed by atoms with Crippen molar-refractivity contribution in [2.45, 2.75) is 57.4 Å². The van der Waals surface area contributed by atoms with Crippen molar-refractivity contribution in [3.8, 4) is 0 Å². The molecule has 21 heavy (non-hydrogen) atoms. The van der Waals surface area contributed by atoms with E-state index >= 15 is 0 Å². The first-order valence-electron chi connectivity index (χ1n) is 7.60. The van der Waals surface area contributed by atoms with E-state index in [9.17, 15) is 8.42 Å². The highest BCUT2D eigenvalue weighted by atomic mass is 35.5. The van der Waals surface area contributed by atoms with Crippen LogP contribution in [-0.4, -0.2) is 31.2 Å². The number of rotatable bonds is 9. The summed E-state index contributed by atoms with van der Waals surface area (Å²) in [6.45, 7) is 6.54. The average molecular weight is 332 g/mol. The Morgan fingerprint density at radius 2 is 1.76 bits per heavy atom. The maximum atomic E-state index is 12.7. The number of halogens is 1. The first-order valence-corrected chi connectivity index (χ1v) is 9.57. The van der Waals surface area contributed by atoms with Gasteiger partial charge in [-0.2, -0.15) is 4.31 Å². The number of nitrogens with zero attached hydrogens (tertiary/aromatic N) is 1. The van der Waals surface area contributed by atoms with Gasteiger partial charge in [-0.05, 0) is 44.4 Å². The number of sulfonamides is 1. The molecule has 0 N–H and O–H groups in total. The number of benzene rings is 1. The van der Waals surface area contributed by atoms with E-state index in [1.807, 2.05) is 26.0 Å². The predicted molar refractivity (Wildman–Crippen MR) is 89.4 cm³/mol. The van der Waals surface area contributed by atoms with Gasteiger partial charge >= 0.3 is 0 Å². The van der Waals surface area contributed by atoms with Crippen molar-refractivity contribution in [2.75, 3.05) is 12.4 Å². The lowest BCUT2D eigenvalue weighted by Gasteiger charge is -2.26. The fourth-order valence-corrected chi connectivity index (χ4v) is 4.14. The molecule has 0 saturated heterocycles. The molecule has 0 unspecified atom stereocenters. The molecule has 1 rings (SSSR count). The summed E-state index contributed by atoms with van der Waals surface area (Å²) in [7, 11) is -3.41. The SMILES string of the molecule is CCCCCN(C(C)C)S(=O)(=O)c1ccc(CCCl)cc1. The molecule has 0 aliphatic heterocycles. The van der Waals surface area contributed by atoms with Gasteiger partial charge in [0, 0.05) is 18.5 Å². The maximum Gasteiger partial charge on any atom is 0.243 e. The second kappa shape index (κ2) is 8.76. The lowest BCUT2D eigenvalue weighted by molar-refractivity contribution is 0.345. The van der Waals surface area contributed by atoms with Crippen LogP contribution in [0.4, 0.5) is 0 Å². The lowest BCUT2D eigenvalue weighted by atomic mass is 10.2. The first-order chi connectivity index (χ1) is 9.93. The third-order valence-corrected chi connectivity index (χ3v) is 5.75. The van der Waals surface area contributed by atoms with Gasteiger partial charge < -0.3 is 0 Å². The Hall–Kier alpha value is -0.580. The van der Waals surface area contributed by atoms with Crippen molar-refractivity contribution in [3.05, 3.63) is 29.8 Å². The van der Waals surface area contributed by atoms with Crippen molar-refractivity contribution in [1.82, 2.24) is 4.31 Å². The molecule has 0 bridgehead atoms. The zero-order valence-corrected chi connectivity index (χ0v) is 14.8. The van der Waals surface area contributed by atoms with Crippen molar-refractivity contribution in [3.63, 3.8) is 0 Å². The third-order valence-electron chi connectivity index (χ3n) is 3.47. The van der Waals surface area contributed by atoms with Crippen molar-refractivity contribution < 1.29 is 8.42 Å². The lowest BCUT2D eigenvalue weighted by Crippen LogP contribution is -2.37. The fourth-order valence-electron chi connectivity index (χ4n) is 2.25. The van der Waals surface area contributed by atoms with Crippen LogP contribution in [-0.2, 0) is 16.4 Å². The van der Waals surface area contributed by atoms with E-state index in [0.717, 1.165) is 31.2 Å². The smallest absolute Gasteiger partial charge is 0.207 e. The summed E-state index contributed by atoms with van der Waals surface area (Å²) >= 11 is 5.70. The predicted octanol–water partition coefficient (Wildman–Crippen LogP) is 4.06. The van der Waals surface area contributed by atoms with Gasteiger partial charge in [0.05, 0.1) is 4.90 Å². The molecule has 5 heteroatoms. The van der Waals surface area contributed by atoms with Crippen molar-refractivity contribution >= 4 is 21.6 Å². The average Bonchev–Trinajstić information content (AvgIpc) is 2.44. The molecule has 0 fully saturated rings. The van der Waals surface area contributed by atoms with Gasteiger partial charge in [0.2, 0.25) is 10.0 Å². The number of unbranched alkanes of at least 4 members (excludes halogenated alkanes) is 2. The first kappa shape index (κ1) is 18.5. The Morgan fingerprint density at radius 1 is 1.14 bits per heavy atom. The molecule has 0 radical (unpaired) electrons. The van der Waals surface area contributed by atoms with E-state index in [1.54, 1.807) is 16.4 Å². The van der Waals surface area contributed by atoms with Gasteiger partial charge in [-0.1, -0.05) is 31.9 Å². The van der Waals surface area contributed by atoms with Crippen LogP contribution in [0.1, 0.15) is 45.6 Å². The van der Waals surface area contributed by atoms with E-state index < -0.39 is 10.0 Å². The molecular formula is C16H26ClNO2S. The van der Waals surface area contributed by atoms with Crippen LogP contribution >= 0.6 is 11.6 Å². The van der Waals surface area contributed by atoms with Gasteiger partial charge in [-0.15, -0.1) is 11.6 Å². The van der Waals surface area contributed by atoms with Gasteiger partial charge in [0.15, 0.2) is 0 Å². The fraction of sp³-hybridized carbons (Fsp3) is 0.625. The van der Waals surface area contributed by atoms with Crippen LogP contribution in [0.5, 0.6) is 0 Å². The standard InChI is InChI=1S/C16H26ClNO2S/c1-4-5-6-13-18(14(2)3)21(19,20)16-9-7-15(8-10-16)11-12-17/h7-10,14H,4-6,11-13H2,1-3H3. The second-order valence-corrected chi connectivity index (χ2v) is 7.77. The maximum absolute atomic E-state index is 12.7. The summed E-state index contributed by atoms with van der Waals surface area (Å²) in [4.78, 5) is 0.367. The molecule has 0 atom stereocenters. The third kappa shape index (κ3) is 5.28. The molecule has 120 valence electrons. The highest BCUT2D eigenvalue weighted by Crippen LogP contribution is 2.20. The molecule has 3 nitrogen and oxygen atoms in total. The minimum absolute atomic E-state index is 0.0330. The molecule has 0 spiro atoms. The minimum atomic E-state index is -3.41. The zero-order chi connectivity index (χ0) is 15.9. The number of alkyl halides is 1. The van der Waals surface area contributed by atoms with E-state index in [-0.39, 0.29) is 6.04 Å². The molecule has 0 aliphatic rings. The van der Waals surface area contributed by atoms with Gasteiger partial charge in [-0.25, -0.2) is 8.42 Å². The summed E-state index contributed by atoms with van der Waals surface area (Å²) in [6.07, 6.45) is 3.79. The second-order valence-electron chi connectivity index (χ2n) is 5.50. The molecule has 0 heterocycles. The van der Waals surface area contributed by atoms with Gasteiger partial charge in [0.1, 0.15) is 0 Å². The van der Waals surface area contributed by atoms with Crippen LogP contribution in [0.25, 0.3) is 0 Å². The van der Waals surface area contributed by atoms with Crippen molar-refractivity contribution in [1.29, 1.82) is 0 Å². The normalized spacial score (nSPS) is 12.3. The summed E-state index contributed by atoms with van der Waals surface area (Å²) in [5, 5.41) is 0. The summed E-state index contributed by atoms with van der Waals surface area (Å²) in [5.74, 6) is 0.543. The van der Waals surface area contributed by atoms with Crippen LogP contribution in [0.15, 0.2) is 29.2 Å². The number of hydrogen-bond donors (Lipinski definition) is 0. The van der Waals surface area contributed by atoms with Crippen LogP contribution in [0.2, 0.25) is 0 Å². The molecule has 0 aliphatic carbocycles. The van der Waals surface area contributed by atoms with Gasteiger partial charge in [0.25, 0.3) is 0 Å². The summed E-state index contributed by atoms with van der Waals surface area (Å²) < 4.78 is 27.1. The summed E-state index contributed by atoms with van der Waals surface area (Å²) in [6, 6.07) is 7.03. The van der Waals surface area contributed by atoms with E-state index in [4.69, 9.17) is 11.6 Å². The molecular weight excluding hydrogens is 306 g/mol. The van der Waals surface area contributed by atoms with E-state index in [0.29, 0.717) is 17.3 Å². The van der Waals surface area contributed by atoms with E-state index in [1.165, 1.54) is 0 Å². The number of aryl methyl sites for hydroxylation is 1. The Morgan fingerprint density at radius 3 is 2.24 bits per heavy atom. The largest absolute Gasteiger partial charge is 0.243 e. The Bertz CT molecular complexity index is 512.